The lowest BCUT2D eigenvalue weighted by molar-refractivity contribution is 0.0703. The molecule has 0 bridgehead atoms. The molecule has 0 saturated carbocycles. The second kappa shape index (κ2) is 2.69. The molecule has 0 amide bonds. The number of rotatable bonds is 1. The van der Waals surface area contributed by atoms with Crippen molar-refractivity contribution in [3.8, 4) is 0 Å². The van der Waals surface area contributed by atoms with Gasteiger partial charge in [-0.3, -0.25) is 4.90 Å². The molecule has 3 aliphatic heterocycles. The van der Waals surface area contributed by atoms with Gasteiger partial charge in [-0.05, 0) is 32.2 Å². The Kier molecular flexibility index (Phi) is 1.70. The van der Waals surface area contributed by atoms with Crippen molar-refractivity contribution in [2.75, 3.05) is 19.8 Å². The number of ether oxygens (including phenoxy) is 1. The van der Waals surface area contributed by atoms with Gasteiger partial charge in [-0.25, -0.2) is 0 Å². The fourth-order valence-corrected chi connectivity index (χ4v) is 3.49. The van der Waals surface area contributed by atoms with Crippen LogP contribution >= 0.6 is 0 Å². The van der Waals surface area contributed by atoms with Gasteiger partial charge in [0, 0.05) is 18.2 Å². The third-order valence-electron chi connectivity index (χ3n) is 4.10. The molecule has 13 heavy (non-hydrogen) atoms. The van der Waals surface area contributed by atoms with Crippen molar-refractivity contribution >= 4 is 0 Å². The second-order valence-electron chi connectivity index (χ2n) is 4.65. The van der Waals surface area contributed by atoms with Crippen molar-refractivity contribution in [1.82, 2.24) is 4.90 Å². The highest BCUT2D eigenvalue weighted by molar-refractivity contribution is 5.09. The van der Waals surface area contributed by atoms with Crippen LogP contribution in [0.25, 0.3) is 0 Å². The van der Waals surface area contributed by atoms with Gasteiger partial charge in [-0.1, -0.05) is 0 Å². The number of fused-ring (bicyclic) bond motifs is 3. The molecular weight excluding hydrogens is 166 g/mol. The van der Waals surface area contributed by atoms with E-state index in [9.17, 15) is 5.11 Å². The molecule has 3 nitrogen and oxygen atoms in total. The fourth-order valence-electron chi connectivity index (χ4n) is 3.49. The number of nitrogens with zero attached hydrogens (tertiary/aromatic N) is 1. The summed E-state index contributed by atoms with van der Waals surface area (Å²) in [7, 11) is 0. The molecule has 3 rings (SSSR count). The molecule has 0 radical (unpaired) electrons. The van der Waals surface area contributed by atoms with Gasteiger partial charge in [-0.2, -0.15) is 0 Å². The number of aliphatic hydroxyl groups excluding tert-OH is 1. The molecular formula is C10H17NO2. The lowest BCUT2D eigenvalue weighted by Gasteiger charge is -2.32. The van der Waals surface area contributed by atoms with Crippen LogP contribution in [0.15, 0.2) is 0 Å². The van der Waals surface area contributed by atoms with Crippen LogP contribution < -0.4 is 0 Å². The summed E-state index contributed by atoms with van der Waals surface area (Å²) in [5.74, 6) is 0. The molecule has 0 aromatic carbocycles. The highest BCUT2D eigenvalue weighted by Crippen LogP contribution is 2.46. The first-order valence-electron chi connectivity index (χ1n) is 5.35. The van der Waals surface area contributed by atoms with E-state index in [4.69, 9.17) is 4.74 Å². The summed E-state index contributed by atoms with van der Waals surface area (Å²) in [5.41, 5.74) is 0.107. The third kappa shape index (κ3) is 0.953. The molecule has 0 aromatic heterocycles. The average Bonchev–Trinajstić information content (AvgIpc) is 2.72. The van der Waals surface area contributed by atoms with Crippen molar-refractivity contribution in [3.63, 3.8) is 0 Å². The first kappa shape index (κ1) is 8.21. The second-order valence-corrected chi connectivity index (χ2v) is 4.65. The Morgan fingerprint density at radius 2 is 2.46 bits per heavy atom. The SMILES string of the molecule is OCC12CCCN1C1CCOC1C2. The molecule has 0 spiro atoms. The topological polar surface area (TPSA) is 32.7 Å². The molecule has 3 heteroatoms. The molecule has 0 aliphatic carbocycles. The van der Waals surface area contributed by atoms with E-state index >= 15 is 0 Å². The van der Waals surface area contributed by atoms with Gasteiger partial charge in [-0.15, -0.1) is 0 Å². The molecule has 3 fully saturated rings. The predicted octanol–water partition coefficient (Wildman–Crippen LogP) is 0.374. The maximum atomic E-state index is 9.48. The standard InChI is InChI=1S/C10H17NO2/c12-7-10-3-1-4-11(10)8-2-5-13-9(8)6-10/h8-9,12H,1-7H2. The van der Waals surface area contributed by atoms with E-state index in [2.05, 4.69) is 4.90 Å². The number of hydrogen-bond donors (Lipinski definition) is 1. The Morgan fingerprint density at radius 3 is 3.31 bits per heavy atom. The van der Waals surface area contributed by atoms with Gasteiger partial charge < -0.3 is 9.84 Å². The quantitative estimate of drug-likeness (QED) is 0.637. The monoisotopic (exact) mass is 183 g/mol. The van der Waals surface area contributed by atoms with Gasteiger partial charge >= 0.3 is 0 Å². The summed E-state index contributed by atoms with van der Waals surface area (Å²) in [4.78, 5) is 2.52. The van der Waals surface area contributed by atoms with Crippen LogP contribution in [0.2, 0.25) is 0 Å². The molecule has 3 saturated heterocycles. The van der Waals surface area contributed by atoms with E-state index in [1.165, 1.54) is 25.8 Å². The first-order valence-corrected chi connectivity index (χ1v) is 5.35. The van der Waals surface area contributed by atoms with E-state index in [0.29, 0.717) is 18.8 Å². The van der Waals surface area contributed by atoms with E-state index in [1.807, 2.05) is 0 Å². The smallest absolute Gasteiger partial charge is 0.0749 e. The van der Waals surface area contributed by atoms with E-state index in [0.717, 1.165) is 13.0 Å². The lowest BCUT2D eigenvalue weighted by Crippen LogP contribution is -2.45. The summed E-state index contributed by atoms with van der Waals surface area (Å²) in [6.07, 6.45) is 5.08. The highest BCUT2D eigenvalue weighted by Gasteiger charge is 2.55. The van der Waals surface area contributed by atoms with Crippen molar-refractivity contribution in [2.24, 2.45) is 0 Å². The average molecular weight is 183 g/mol. The normalized spacial score (nSPS) is 49.6. The van der Waals surface area contributed by atoms with E-state index < -0.39 is 0 Å². The Bertz CT molecular complexity index is 221. The van der Waals surface area contributed by atoms with Crippen molar-refractivity contribution in [3.05, 3.63) is 0 Å². The van der Waals surface area contributed by atoms with Crippen LogP contribution in [0.3, 0.4) is 0 Å². The summed E-state index contributed by atoms with van der Waals surface area (Å²) >= 11 is 0. The maximum Gasteiger partial charge on any atom is 0.0749 e. The summed E-state index contributed by atoms with van der Waals surface area (Å²) in [5, 5.41) is 9.48. The van der Waals surface area contributed by atoms with Crippen LogP contribution in [0.4, 0.5) is 0 Å². The zero-order chi connectivity index (χ0) is 8.89. The van der Waals surface area contributed by atoms with Gasteiger partial charge in [0.15, 0.2) is 0 Å². The summed E-state index contributed by atoms with van der Waals surface area (Å²) in [6.45, 7) is 2.42. The molecule has 0 aromatic rings. The minimum atomic E-state index is 0.107. The minimum absolute atomic E-state index is 0.107. The first-order chi connectivity index (χ1) is 6.36. The largest absolute Gasteiger partial charge is 0.394 e. The predicted molar refractivity (Wildman–Crippen MR) is 48.5 cm³/mol. The fraction of sp³-hybridized carbons (Fsp3) is 1.00. The van der Waals surface area contributed by atoms with Crippen LogP contribution in [-0.4, -0.2) is 47.4 Å². The van der Waals surface area contributed by atoms with Crippen molar-refractivity contribution in [1.29, 1.82) is 0 Å². The van der Waals surface area contributed by atoms with Crippen molar-refractivity contribution < 1.29 is 9.84 Å². The van der Waals surface area contributed by atoms with E-state index in [-0.39, 0.29) is 5.54 Å². The Hall–Kier alpha value is -0.120. The zero-order valence-electron chi connectivity index (χ0n) is 7.91. The molecule has 1 N–H and O–H groups in total. The minimum Gasteiger partial charge on any atom is -0.394 e. The van der Waals surface area contributed by atoms with Gasteiger partial charge in [0.1, 0.15) is 0 Å². The molecule has 74 valence electrons. The lowest BCUT2D eigenvalue weighted by atomic mass is 9.94. The van der Waals surface area contributed by atoms with Crippen LogP contribution in [0.1, 0.15) is 25.7 Å². The van der Waals surface area contributed by atoms with Gasteiger partial charge in [0.05, 0.1) is 12.7 Å². The molecule has 3 atom stereocenters. The Labute approximate surface area is 78.7 Å². The summed E-state index contributed by atoms with van der Waals surface area (Å²) < 4.78 is 5.69. The number of aliphatic hydroxyl groups is 1. The third-order valence-corrected chi connectivity index (χ3v) is 4.10. The van der Waals surface area contributed by atoms with Crippen LogP contribution in [0.5, 0.6) is 0 Å². The van der Waals surface area contributed by atoms with Crippen LogP contribution in [-0.2, 0) is 4.74 Å². The molecule has 3 heterocycles. The highest BCUT2D eigenvalue weighted by atomic mass is 16.5. The van der Waals surface area contributed by atoms with E-state index in [1.54, 1.807) is 0 Å². The van der Waals surface area contributed by atoms with Gasteiger partial charge in [0.25, 0.3) is 0 Å². The Morgan fingerprint density at radius 1 is 1.54 bits per heavy atom. The Balaban J connectivity index is 1.89. The zero-order valence-corrected chi connectivity index (χ0v) is 7.91. The number of hydrogen-bond acceptors (Lipinski definition) is 3. The van der Waals surface area contributed by atoms with Gasteiger partial charge in [0.2, 0.25) is 0 Å². The maximum absolute atomic E-state index is 9.48. The van der Waals surface area contributed by atoms with Crippen LogP contribution in [0, 0.1) is 0 Å². The summed E-state index contributed by atoms with van der Waals surface area (Å²) in [6, 6.07) is 0.620. The molecule has 3 aliphatic rings. The molecule has 3 unspecified atom stereocenters. The van der Waals surface area contributed by atoms with Crippen molar-refractivity contribution in [2.45, 2.75) is 43.4 Å².